The van der Waals surface area contributed by atoms with Crippen LogP contribution in [0.4, 0.5) is 0 Å². The molecule has 1 rings (SSSR count). The molecule has 0 aromatic carbocycles. The summed E-state index contributed by atoms with van der Waals surface area (Å²) in [5.74, 6) is 0.314. The third-order valence-corrected chi connectivity index (χ3v) is 1.82. The molecular formula is C7H8Cl2N3OW-. The van der Waals surface area contributed by atoms with E-state index >= 15 is 0 Å². The van der Waals surface area contributed by atoms with E-state index in [9.17, 15) is 0 Å². The van der Waals surface area contributed by atoms with E-state index in [1.165, 1.54) is 6.33 Å². The van der Waals surface area contributed by atoms with E-state index in [1.807, 2.05) is 0 Å². The first-order chi connectivity index (χ1) is 6.25. The topological polar surface area (TPSA) is 49.1 Å². The van der Waals surface area contributed by atoms with Gasteiger partial charge in [-0.3, -0.25) is 0 Å². The summed E-state index contributed by atoms with van der Waals surface area (Å²) in [7, 11) is 1.70. The van der Waals surface area contributed by atoms with Crippen LogP contribution in [0.5, 0.6) is 5.75 Å². The van der Waals surface area contributed by atoms with Gasteiger partial charge in [-0.2, -0.15) is 7.05 Å². The molecule has 7 heteroatoms. The third kappa shape index (κ3) is 4.09. The van der Waals surface area contributed by atoms with Gasteiger partial charge in [-0.15, -0.1) is 6.54 Å². The SMILES string of the molecule is C[N-]CCOc1c(Cl)ncnc1Cl.[W]. The van der Waals surface area contributed by atoms with E-state index in [0.717, 1.165) is 0 Å². The first kappa shape index (κ1) is 14.1. The Labute approximate surface area is 107 Å². The minimum Gasteiger partial charge on any atom is -0.662 e. The van der Waals surface area contributed by atoms with E-state index in [2.05, 4.69) is 15.3 Å². The van der Waals surface area contributed by atoms with Gasteiger partial charge in [-0.1, -0.05) is 23.2 Å². The van der Waals surface area contributed by atoms with Crippen molar-refractivity contribution < 1.29 is 25.8 Å². The fraction of sp³-hybridized carbons (Fsp3) is 0.429. The molecule has 1 heterocycles. The number of halogens is 2. The van der Waals surface area contributed by atoms with Gasteiger partial charge in [0.25, 0.3) is 0 Å². The van der Waals surface area contributed by atoms with Crippen LogP contribution in [-0.2, 0) is 21.1 Å². The summed E-state index contributed by atoms with van der Waals surface area (Å²) in [6.45, 7) is 1.00. The average Bonchev–Trinajstić information content (AvgIpc) is 2.10. The number of hydrogen-bond donors (Lipinski definition) is 0. The fourth-order valence-electron chi connectivity index (χ4n) is 0.691. The molecule has 1 aromatic rings. The Morgan fingerprint density at radius 1 is 1.36 bits per heavy atom. The maximum absolute atomic E-state index is 5.72. The molecular weight excluding hydrogens is 397 g/mol. The maximum Gasteiger partial charge on any atom is 0.194 e. The molecule has 4 nitrogen and oxygen atoms in total. The van der Waals surface area contributed by atoms with Crippen LogP contribution in [0.3, 0.4) is 0 Å². The molecule has 0 amide bonds. The molecule has 0 fully saturated rings. The molecule has 78 valence electrons. The fourth-order valence-corrected chi connectivity index (χ4v) is 1.11. The van der Waals surface area contributed by atoms with Crippen LogP contribution in [0.15, 0.2) is 6.33 Å². The van der Waals surface area contributed by atoms with Crippen LogP contribution < -0.4 is 4.74 Å². The number of hydrogen-bond acceptors (Lipinski definition) is 3. The number of rotatable bonds is 4. The van der Waals surface area contributed by atoms with Crippen molar-refractivity contribution in [2.75, 3.05) is 20.2 Å². The molecule has 0 aliphatic rings. The predicted octanol–water partition coefficient (Wildman–Crippen LogP) is 2.16. The van der Waals surface area contributed by atoms with Crippen molar-refractivity contribution in [1.29, 1.82) is 0 Å². The predicted molar refractivity (Wildman–Crippen MR) is 51.7 cm³/mol. The number of likely N-dealkylation sites (N-methyl/N-ethyl adjacent to an activating group) is 1. The van der Waals surface area contributed by atoms with Gasteiger partial charge in [0.1, 0.15) is 6.33 Å². The molecule has 0 radical (unpaired) electrons. The van der Waals surface area contributed by atoms with Crippen LogP contribution in [0, 0.1) is 0 Å². The van der Waals surface area contributed by atoms with E-state index in [1.54, 1.807) is 7.05 Å². The van der Waals surface area contributed by atoms with Gasteiger partial charge in [0, 0.05) is 21.1 Å². The second-order valence-corrected chi connectivity index (χ2v) is 2.89. The molecule has 0 bridgehead atoms. The second-order valence-electron chi connectivity index (χ2n) is 2.17. The van der Waals surface area contributed by atoms with Crippen molar-refractivity contribution >= 4 is 23.2 Å². The average molecular weight is 405 g/mol. The Kier molecular flexibility index (Phi) is 7.46. The Morgan fingerprint density at radius 2 is 1.93 bits per heavy atom. The minimum absolute atomic E-state index is 0. The third-order valence-electron chi connectivity index (χ3n) is 1.28. The molecule has 14 heavy (non-hydrogen) atoms. The van der Waals surface area contributed by atoms with E-state index < -0.39 is 0 Å². The van der Waals surface area contributed by atoms with Crippen LogP contribution in [0.1, 0.15) is 0 Å². The summed E-state index contributed by atoms with van der Waals surface area (Å²) in [4.78, 5) is 7.47. The zero-order valence-corrected chi connectivity index (χ0v) is 11.9. The zero-order valence-electron chi connectivity index (χ0n) is 7.41. The van der Waals surface area contributed by atoms with Crippen molar-refractivity contribution in [3.8, 4) is 5.75 Å². The molecule has 0 atom stereocenters. The van der Waals surface area contributed by atoms with Crippen LogP contribution in [-0.4, -0.2) is 30.2 Å². The molecule has 0 saturated carbocycles. The van der Waals surface area contributed by atoms with Crippen LogP contribution in [0.2, 0.25) is 10.3 Å². The quantitative estimate of drug-likeness (QED) is 0.570. The summed E-state index contributed by atoms with van der Waals surface area (Å²) >= 11 is 11.4. The molecule has 1 aromatic heterocycles. The summed E-state index contributed by atoms with van der Waals surface area (Å²) in [5, 5.41) is 4.30. The molecule has 0 N–H and O–H groups in total. The van der Waals surface area contributed by atoms with Gasteiger partial charge in [0.15, 0.2) is 16.1 Å². The molecule has 0 aliphatic heterocycles. The van der Waals surface area contributed by atoms with E-state index in [0.29, 0.717) is 18.9 Å². The number of aromatic nitrogens is 2. The summed E-state index contributed by atoms with van der Waals surface area (Å²) in [5.41, 5.74) is 0. The van der Waals surface area contributed by atoms with Gasteiger partial charge >= 0.3 is 0 Å². The largest absolute Gasteiger partial charge is 0.662 e. The first-order valence-corrected chi connectivity index (χ1v) is 4.35. The first-order valence-electron chi connectivity index (χ1n) is 3.60. The molecule has 0 saturated heterocycles. The van der Waals surface area contributed by atoms with Gasteiger partial charge < -0.3 is 10.1 Å². The summed E-state index contributed by atoms with van der Waals surface area (Å²) in [6, 6.07) is 0. The van der Waals surface area contributed by atoms with Crippen LogP contribution in [0.25, 0.3) is 5.32 Å². The molecule has 0 aliphatic carbocycles. The van der Waals surface area contributed by atoms with Crippen molar-refractivity contribution in [1.82, 2.24) is 9.97 Å². The van der Waals surface area contributed by atoms with Gasteiger partial charge in [-0.25, -0.2) is 9.97 Å². The van der Waals surface area contributed by atoms with Crippen molar-refractivity contribution in [3.05, 3.63) is 22.0 Å². The smallest absolute Gasteiger partial charge is 0.194 e. The molecule has 0 unspecified atom stereocenters. The van der Waals surface area contributed by atoms with E-state index in [4.69, 9.17) is 27.9 Å². The summed E-state index contributed by atoms with van der Waals surface area (Å²) in [6.07, 6.45) is 1.28. The standard InChI is InChI=1S/C7H8Cl2N3O.W/c1-10-2-3-13-5-6(8)11-4-12-7(5)9;/h4H,2-3H2,1H3;/q-1;. The van der Waals surface area contributed by atoms with Crippen molar-refractivity contribution in [3.63, 3.8) is 0 Å². The Bertz CT molecular complexity index is 267. The molecule has 0 spiro atoms. The number of ether oxygens (including phenoxy) is 1. The monoisotopic (exact) mass is 404 g/mol. The summed E-state index contributed by atoms with van der Waals surface area (Å²) < 4.78 is 5.23. The van der Waals surface area contributed by atoms with E-state index in [-0.39, 0.29) is 31.4 Å². The van der Waals surface area contributed by atoms with Gasteiger partial charge in [-0.05, 0) is 0 Å². The normalized spacial score (nSPS) is 9.36. The van der Waals surface area contributed by atoms with Gasteiger partial charge in [0.2, 0.25) is 0 Å². The van der Waals surface area contributed by atoms with Crippen LogP contribution >= 0.6 is 23.2 Å². The Hall–Kier alpha value is 0.108. The maximum atomic E-state index is 5.72. The Balaban J connectivity index is 0.00000169. The Morgan fingerprint density at radius 3 is 2.43 bits per heavy atom. The van der Waals surface area contributed by atoms with Gasteiger partial charge in [0.05, 0.1) is 6.61 Å². The van der Waals surface area contributed by atoms with Crippen molar-refractivity contribution in [2.45, 2.75) is 0 Å². The zero-order chi connectivity index (χ0) is 9.68. The second kappa shape index (κ2) is 7.41. The van der Waals surface area contributed by atoms with Crippen molar-refractivity contribution in [2.24, 2.45) is 0 Å². The number of nitrogens with zero attached hydrogens (tertiary/aromatic N) is 3. The minimum atomic E-state index is 0.